The fourth-order valence-electron chi connectivity index (χ4n) is 9.49. The van der Waals surface area contributed by atoms with E-state index in [2.05, 4.69) is 70.7 Å². The topological polar surface area (TPSA) is 617 Å². The maximum atomic E-state index is 12.1. The number of aliphatic hydroxyl groups is 11. The molecule has 42 nitrogen and oxygen atoms in total. The van der Waals surface area contributed by atoms with E-state index in [-0.39, 0.29) is 69.0 Å². The van der Waals surface area contributed by atoms with Gasteiger partial charge in [0.2, 0.25) is 0 Å². The van der Waals surface area contributed by atoms with Gasteiger partial charge in [-0.05, 0) is 35.9 Å². The van der Waals surface area contributed by atoms with Gasteiger partial charge < -0.3 is 115 Å². The first-order valence-corrected chi connectivity index (χ1v) is 29.4. The van der Waals surface area contributed by atoms with Gasteiger partial charge in [0.15, 0.2) is 24.9 Å². The lowest BCUT2D eigenvalue weighted by Crippen LogP contribution is -2.47. The number of amides is 2. The van der Waals surface area contributed by atoms with Crippen molar-refractivity contribution in [2.24, 2.45) is 15.3 Å². The number of carbonyl (C=O) groups excluding carboxylic acids is 2. The smallest absolute Gasteiger partial charge is 0.330 e. The van der Waals surface area contributed by atoms with Gasteiger partial charge in [0, 0.05) is 76.4 Å². The third kappa shape index (κ3) is 22.3. The van der Waals surface area contributed by atoms with Crippen molar-refractivity contribution in [2.45, 2.75) is 138 Å². The molecule has 0 aromatic carbocycles. The van der Waals surface area contributed by atoms with E-state index in [0.29, 0.717) is 58.1 Å². The second-order valence-electron chi connectivity index (χ2n) is 20.9. The molecule has 42 heteroatoms. The minimum atomic E-state index is -1.46. The number of carbonyl (C=O) groups is 2. The highest BCUT2D eigenvalue weighted by atomic mass is 16.6. The van der Waals surface area contributed by atoms with Gasteiger partial charge in [-0.2, -0.15) is 0 Å². The highest BCUT2D eigenvalue weighted by Crippen LogP contribution is 2.33. The molecular formula is C55H81N17O25. The van der Waals surface area contributed by atoms with Crippen molar-refractivity contribution >= 4 is 11.8 Å². The lowest BCUT2D eigenvalue weighted by atomic mass is 10.1. The van der Waals surface area contributed by atoms with Crippen LogP contribution in [0.2, 0.25) is 0 Å². The maximum Gasteiger partial charge on any atom is 0.330 e. The SMILES string of the molecule is C.C=C1NC(=O)C(C#CCOCCOCCOCCN=[N+]=[N-])=CN1[C@@H]1O[C@H](CO)C(O)[C@@H]1O.C=C1NC(=O)C(CCCN=[N+]=[N-])=CN1[C@@H]1O[C@H](CO)C(O)[C@@H]1O.CCCO[C@H]1C(O)[C@@H](CO)O[C@H]1n1ccc(=O)[nH]c1=O.[N-]=[N+]=NCc1cn([C@@H]2O[C@H](CO)C(O)[C@@H]2O)c(=O)[nH]c1=O. The van der Waals surface area contributed by atoms with Crippen molar-refractivity contribution in [3.05, 3.63) is 145 Å². The zero-order valence-corrected chi connectivity index (χ0v) is 51.5. The summed E-state index contributed by atoms with van der Waals surface area (Å²) in [6.07, 6.45) is -10.9. The average molecular weight is 1380 g/mol. The van der Waals surface area contributed by atoms with Gasteiger partial charge in [0.25, 0.3) is 22.9 Å². The molecule has 8 rings (SSSR count). The minimum Gasteiger partial charge on any atom is -0.394 e. The number of aromatic amines is 2. The van der Waals surface area contributed by atoms with Crippen molar-refractivity contribution < 1.29 is 104 Å². The molecule has 536 valence electrons. The number of hydrogen-bond acceptors (Lipinski definition) is 30. The lowest BCUT2D eigenvalue weighted by molar-refractivity contribution is -0.120. The number of nitrogens with one attached hydrogen (secondary N) is 4. The van der Waals surface area contributed by atoms with Crippen LogP contribution in [0.5, 0.6) is 0 Å². The van der Waals surface area contributed by atoms with Crippen LogP contribution in [-0.4, -0.2) is 268 Å². The highest BCUT2D eigenvalue weighted by Gasteiger charge is 2.49. The van der Waals surface area contributed by atoms with Crippen LogP contribution in [0.25, 0.3) is 31.3 Å². The van der Waals surface area contributed by atoms with Crippen LogP contribution in [0.15, 0.2) is 101 Å². The number of nitrogens with zero attached hydrogens (tertiary/aromatic N) is 13. The van der Waals surface area contributed by atoms with Crippen LogP contribution in [0.1, 0.15) is 51.6 Å². The van der Waals surface area contributed by atoms with Crippen molar-refractivity contribution in [2.75, 3.05) is 85.8 Å². The molecule has 0 saturated carbocycles. The monoisotopic (exact) mass is 1380 g/mol. The third-order valence-electron chi connectivity index (χ3n) is 14.4. The Hall–Kier alpha value is -8.41. The van der Waals surface area contributed by atoms with Gasteiger partial charge in [0.05, 0.1) is 66.0 Å². The molecule has 0 bridgehead atoms. The molecule has 2 amide bonds. The number of aromatic nitrogens is 4. The molecule has 2 aromatic rings. The Bertz CT molecular complexity index is 3470. The van der Waals surface area contributed by atoms with E-state index in [1.54, 1.807) is 0 Å². The number of rotatable bonds is 27. The van der Waals surface area contributed by atoms with Gasteiger partial charge in [-0.15, -0.1) is 0 Å². The normalized spacial score (nSPS) is 27.8. The summed E-state index contributed by atoms with van der Waals surface area (Å²) in [5.41, 5.74) is 22.3. The van der Waals surface area contributed by atoms with Crippen molar-refractivity contribution in [1.29, 1.82) is 0 Å². The van der Waals surface area contributed by atoms with E-state index in [1.165, 1.54) is 34.5 Å². The standard InChI is InChI=1S/C19H27N5O8.C13H19N5O5.C12H18N2O6.C10H13N5O6.CH4/c1-13-22-18(28)14(11-24(13)19-17(27)16(26)15(12-25)32-19)3-2-5-29-7-9-31-10-8-30-6-4-21-23-20;1-7-16-12(22)8(3-2-4-15-17-14)5-18(7)13-11(21)10(20)9(6-19)23-13;1-2-5-19-10-9(17)7(6-15)20-11(10)14-4-3-8(16)13-12(14)18;11-14-12-1-4-2-15(10(20)13-8(4)19)9-7(18)6(17)5(3-16)21-9;/h11,15-17,19,25-27H,1,4-10,12H2,(H,22,28);5,9-11,13,19-21H,1-4,6H2,(H,16,22);3-4,7,9-11,15,17H,2,5-6H2,1H3,(H,13,16,18);2,5-7,9,16-18H,1,3H2,(H,13,19,20);1H4/t15-,16?,17+,19-;9-,10?,11+,13-;7-,9?,10+,11-;5-,6?,7+,9-;/m1111./s1. The Morgan fingerprint density at radius 2 is 1.09 bits per heavy atom. The molecule has 4 saturated heterocycles. The Balaban J connectivity index is 0.000000279. The van der Waals surface area contributed by atoms with E-state index < -0.39 is 146 Å². The second kappa shape index (κ2) is 41.0. The number of hydrogen-bond donors (Lipinski definition) is 15. The molecule has 97 heavy (non-hydrogen) atoms. The molecule has 0 spiro atoms. The Morgan fingerprint density at radius 3 is 1.64 bits per heavy atom. The van der Waals surface area contributed by atoms with E-state index >= 15 is 0 Å². The van der Waals surface area contributed by atoms with Gasteiger partial charge in [-0.25, -0.2) is 9.59 Å². The summed E-state index contributed by atoms with van der Waals surface area (Å²) >= 11 is 0. The summed E-state index contributed by atoms with van der Waals surface area (Å²) in [4.78, 5) is 84.8. The minimum absolute atomic E-state index is 0. The molecule has 4 unspecified atom stereocenters. The Kier molecular flexibility index (Phi) is 34.2. The fourth-order valence-corrected chi connectivity index (χ4v) is 9.49. The predicted molar refractivity (Wildman–Crippen MR) is 330 cm³/mol. The van der Waals surface area contributed by atoms with E-state index in [1.807, 2.05) is 11.9 Å². The molecular weight excluding hydrogens is 1300 g/mol. The van der Waals surface area contributed by atoms with Crippen LogP contribution in [-0.2, 0) is 54.0 Å². The summed E-state index contributed by atoms with van der Waals surface area (Å²) in [7, 11) is 0. The van der Waals surface area contributed by atoms with Gasteiger partial charge in [0.1, 0.15) is 97.1 Å². The van der Waals surface area contributed by atoms with Crippen molar-refractivity contribution in [3.63, 3.8) is 0 Å². The van der Waals surface area contributed by atoms with Gasteiger partial charge >= 0.3 is 11.4 Å². The second-order valence-corrected chi connectivity index (χ2v) is 20.9. The molecule has 2 aromatic heterocycles. The van der Waals surface area contributed by atoms with E-state index in [0.717, 1.165) is 21.8 Å². The summed E-state index contributed by atoms with van der Waals surface area (Å²) < 4.78 is 44.8. The summed E-state index contributed by atoms with van der Waals surface area (Å²) in [5.74, 6) is 4.92. The molecule has 8 heterocycles. The number of ether oxygens (including phenoxy) is 8. The van der Waals surface area contributed by atoms with Crippen LogP contribution < -0.4 is 33.1 Å². The maximum absolute atomic E-state index is 12.1. The highest BCUT2D eigenvalue weighted by molar-refractivity contribution is 5.99. The van der Waals surface area contributed by atoms with Gasteiger partial charge in [-0.1, -0.05) is 54.7 Å². The molecule has 15 N–H and O–H groups in total. The zero-order chi connectivity index (χ0) is 70.6. The van der Waals surface area contributed by atoms with Crippen LogP contribution in [0.3, 0.4) is 0 Å². The molecule has 6 aliphatic heterocycles. The molecule has 0 aliphatic carbocycles. The van der Waals surface area contributed by atoms with Crippen molar-refractivity contribution in [1.82, 2.24) is 39.5 Å². The lowest BCUT2D eigenvalue weighted by Gasteiger charge is -2.34. The molecule has 6 aliphatic rings. The van der Waals surface area contributed by atoms with Crippen LogP contribution >= 0.6 is 0 Å². The van der Waals surface area contributed by atoms with Crippen molar-refractivity contribution in [3.8, 4) is 11.8 Å². The largest absolute Gasteiger partial charge is 0.394 e. The first-order chi connectivity index (χ1) is 46.0. The first-order valence-electron chi connectivity index (χ1n) is 29.4. The average Bonchev–Trinajstić information content (AvgIpc) is 1.72. The summed E-state index contributed by atoms with van der Waals surface area (Å²) in [5, 5.41) is 121. The fraction of sp³-hybridized carbons (Fsp3) is 0.636. The predicted octanol–water partition coefficient (Wildman–Crippen LogP) is -4.94. The Labute approximate surface area is 550 Å². The summed E-state index contributed by atoms with van der Waals surface area (Å²) in [6, 6.07) is 1.18. The number of azide groups is 3. The quantitative estimate of drug-likeness (QED) is 0.0131. The molecule has 4 fully saturated rings. The van der Waals surface area contributed by atoms with Crippen LogP contribution in [0.4, 0.5) is 0 Å². The molecule has 16 atom stereocenters. The molecule has 0 radical (unpaired) electrons. The first kappa shape index (κ1) is 81.0. The number of aliphatic hydroxyl groups excluding tert-OH is 11. The number of H-pyrrole nitrogens is 2. The Morgan fingerprint density at radius 1 is 0.598 bits per heavy atom. The van der Waals surface area contributed by atoms with Gasteiger partial charge in [-0.3, -0.25) is 38.3 Å². The third-order valence-corrected chi connectivity index (χ3v) is 14.4. The summed E-state index contributed by atoms with van der Waals surface area (Å²) in [6.45, 7) is 9.88. The van der Waals surface area contributed by atoms with E-state index in [4.69, 9.17) is 64.7 Å². The zero-order valence-electron chi connectivity index (χ0n) is 51.5. The van der Waals surface area contributed by atoms with E-state index in [9.17, 15) is 74.7 Å². The van der Waals surface area contributed by atoms with Crippen LogP contribution in [0, 0.1) is 11.8 Å².